The summed E-state index contributed by atoms with van der Waals surface area (Å²) >= 11 is 0. The first-order valence-electron chi connectivity index (χ1n) is 9.38. The number of nitrogens with one attached hydrogen (secondary N) is 1. The zero-order valence-electron chi connectivity index (χ0n) is 16.3. The van der Waals surface area contributed by atoms with Gasteiger partial charge in [-0.15, -0.1) is 0 Å². The fourth-order valence-corrected chi connectivity index (χ4v) is 3.25. The number of carbonyl (C=O) groups is 2. The van der Waals surface area contributed by atoms with Crippen LogP contribution in [0.4, 0.5) is 0 Å². The van der Waals surface area contributed by atoms with Crippen LogP contribution in [0.25, 0.3) is 0 Å². The lowest BCUT2D eigenvalue weighted by Gasteiger charge is -2.25. The van der Waals surface area contributed by atoms with Crippen molar-refractivity contribution in [2.24, 2.45) is 5.92 Å². The summed E-state index contributed by atoms with van der Waals surface area (Å²) in [6.07, 6.45) is 2.48. The lowest BCUT2D eigenvalue weighted by Crippen LogP contribution is -2.47. The smallest absolute Gasteiger partial charge is 0.242 e. The zero-order chi connectivity index (χ0) is 18.6. The molecule has 25 heavy (non-hydrogen) atoms. The van der Waals surface area contributed by atoms with E-state index in [1.165, 1.54) is 11.1 Å². The van der Waals surface area contributed by atoms with E-state index in [2.05, 4.69) is 50.4 Å². The molecule has 4 nitrogen and oxygen atoms in total. The molecule has 1 saturated heterocycles. The highest BCUT2D eigenvalue weighted by molar-refractivity contribution is 5.88. The monoisotopic (exact) mass is 344 g/mol. The Kier molecular flexibility index (Phi) is 6.26. The molecule has 0 saturated carbocycles. The number of hydrogen-bond donors (Lipinski definition) is 1. The molecule has 0 spiro atoms. The highest BCUT2D eigenvalue weighted by atomic mass is 16.2. The molecule has 1 heterocycles. The normalized spacial score (nSPS) is 17.8. The van der Waals surface area contributed by atoms with Crippen molar-refractivity contribution in [3.05, 3.63) is 35.4 Å². The highest BCUT2D eigenvalue weighted by Gasteiger charge is 2.34. The summed E-state index contributed by atoms with van der Waals surface area (Å²) in [5.74, 6) is 0.00274. The Morgan fingerprint density at radius 2 is 1.84 bits per heavy atom. The topological polar surface area (TPSA) is 49.4 Å². The molecule has 1 aromatic rings. The Hall–Kier alpha value is -1.84. The molecule has 2 amide bonds. The summed E-state index contributed by atoms with van der Waals surface area (Å²) in [5.41, 5.74) is 2.69. The predicted octanol–water partition coefficient (Wildman–Crippen LogP) is 3.29. The molecule has 1 unspecified atom stereocenters. The van der Waals surface area contributed by atoms with Crippen LogP contribution in [0.2, 0.25) is 0 Å². The van der Waals surface area contributed by atoms with Gasteiger partial charge in [-0.05, 0) is 35.8 Å². The van der Waals surface area contributed by atoms with Crippen molar-refractivity contribution in [3.63, 3.8) is 0 Å². The fraction of sp³-hybridized carbons (Fsp3) is 0.619. The molecule has 0 aliphatic carbocycles. The summed E-state index contributed by atoms with van der Waals surface area (Å²) in [6.45, 7) is 11.7. The Bertz CT molecular complexity index is 599. The van der Waals surface area contributed by atoms with Crippen LogP contribution >= 0.6 is 0 Å². The van der Waals surface area contributed by atoms with E-state index in [9.17, 15) is 9.59 Å². The van der Waals surface area contributed by atoms with Gasteiger partial charge in [0.1, 0.15) is 6.04 Å². The first-order valence-corrected chi connectivity index (χ1v) is 9.38. The van der Waals surface area contributed by atoms with Crippen molar-refractivity contribution in [2.45, 2.75) is 65.3 Å². The van der Waals surface area contributed by atoms with Gasteiger partial charge in [0.05, 0.1) is 0 Å². The van der Waals surface area contributed by atoms with E-state index in [4.69, 9.17) is 0 Å². The molecule has 1 fully saturated rings. The molecular formula is C21H32N2O2. The number of carbonyl (C=O) groups excluding carboxylic acids is 2. The number of benzene rings is 1. The van der Waals surface area contributed by atoms with Gasteiger partial charge < -0.3 is 10.2 Å². The molecule has 1 aliphatic rings. The van der Waals surface area contributed by atoms with Gasteiger partial charge in [0.25, 0.3) is 0 Å². The van der Waals surface area contributed by atoms with E-state index in [0.717, 1.165) is 19.3 Å². The second-order valence-corrected chi connectivity index (χ2v) is 8.33. The van der Waals surface area contributed by atoms with Gasteiger partial charge in [0.15, 0.2) is 0 Å². The average molecular weight is 344 g/mol. The predicted molar refractivity (Wildman–Crippen MR) is 101 cm³/mol. The molecule has 0 bridgehead atoms. The van der Waals surface area contributed by atoms with Crippen molar-refractivity contribution < 1.29 is 9.59 Å². The second-order valence-electron chi connectivity index (χ2n) is 8.33. The summed E-state index contributed by atoms with van der Waals surface area (Å²) in [4.78, 5) is 26.4. The Morgan fingerprint density at radius 1 is 1.20 bits per heavy atom. The third-order valence-corrected chi connectivity index (χ3v) is 4.87. The van der Waals surface area contributed by atoms with E-state index < -0.39 is 0 Å². The van der Waals surface area contributed by atoms with E-state index in [1.807, 2.05) is 13.8 Å². The quantitative estimate of drug-likeness (QED) is 0.891. The van der Waals surface area contributed by atoms with Gasteiger partial charge in [-0.3, -0.25) is 9.59 Å². The first kappa shape index (κ1) is 19.5. The van der Waals surface area contributed by atoms with E-state index >= 15 is 0 Å². The molecule has 1 atom stereocenters. The molecule has 0 aromatic heterocycles. The van der Waals surface area contributed by atoms with Crippen molar-refractivity contribution in [1.29, 1.82) is 0 Å². The number of nitrogens with zero attached hydrogens (tertiary/aromatic N) is 1. The van der Waals surface area contributed by atoms with Crippen molar-refractivity contribution in [1.82, 2.24) is 10.2 Å². The van der Waals surface area contributed by atoms with Crippen LogP contribution < -0.4 is 5.32 Å². The molecular weight excluding hydrogens is 312 g/mol. The van der Waals surface area contributed by atoms with E-state index in [0.29, 0.717) is 13.1 Å². The summed E-state index contributed by atoms with van der Waals surface area (Å²) in [7, 11) is 0. The minimum atomic E-state index is -0.293. The maximum atomic E-state index is 12.5. The standard InChI is InChI=1S/C21H32N2O2/c1-15(2)20(25)23-14-6-7-18(23)19(24)22-13-12-16-8-10-17(11-9-16)21(3,4)5/h8-11,15,18H,6-7,12-14H2,1-5H3,(H,22,24). The molecule has 4 heteroatoms. The van der Waals surface area contributed by atoms with E-state index in [-0.39, 0.29) is 29.2 Å². The molecule has 0 radical (unpaired) electrons. The van der Waals surface area contributed by atoms with Gasteiger partial charge in [-0.2, -0.15) is 0 Å². The summed E-state index contributed by atoms with van der Waals surface area (Å²) in [5, 5.41) is 3.01. The van der Waals surface area contributed by atoms with Crippen LogP contribution in [0.1, 0.15) is 58.6 Å². The van der Waals surface area contributed by atoms with Gasteiger partial charge in [0.2, 0.25) is 11.8 Å². The summed E-state index contributed by atoms with van der Waals surface area (Å²) < 4.78 is 0. The van der Waals surface area contributed by atoms with Crippen LogP contribution in [0, 0.1) is 5.92 Å². The Morgan fingerprint density at radius 3 is 2.40 bits per heavy atom. The molecule has 1 N–H and O–H groups in total. The SMILES string of the molecule is CC(C)C(=O)N1CCCC1C(=O)NCCc1ccc(C(C)(C)C)cc1. The van der Waals surface area contributed by atoms with Crippen LogP contribution in [0.3, 0.4) is 0 Å². The third-order valence-electron chi connectivity index (χ3n) is 4.87. The minimum absolute atomic E-state index is 0.0159. The molecule has 138 valence electrons. The van der Waals surface area contributed by atoms with Gasteiger partial charge in [-0.1, -0.05) is 58.9 Å². The second kappa shape index (κ2) is 8.03. The van der Waals surface area contributed by atoms with Gasteiger partial charge in [0, 0.05) is 19.0 Å². The van der Waals surface area contributed by atoms with E-state index in [1.54, 1.807) is 4.90 Å². The number of hydrogen-bond acceptors (Lipinski definition) is 2. The number of amides is 2. The van der Waals surface area contributed by atoms with Gasteiger partial charge >= 0.3 is 0 Å². The maximum Gasteiger partial charge on any atom is 0.242 e. The van der Waals surface area contributed by atoms with Crippen LogP contribution in [0.15, 0.2) is 24.3 Å². The maximum absolute atomic E-state index is 12.5. The van der Waals surface area contributed by atoms with Crippen LogP contribution in [-0.2, 0) is 21.4 Å². The highest BCUT2D eigenvalue weighted by Crippen LogP contribution is 2.22. The average Bonchev–Trinajstić information content (AvgIpc) is 3.03. The third kappa shape index (κ3) is 5.07. The molecule has 1 aliphatic heterocycles. The molecule has 2 rings (SSSR count). The minimum Gasteiger partial charge on any atom is -0.354 e. The fourth-order valence-electron chi connectivity index (χ4n) is 3.25. The van der Waals surface area contributed by atoms with Crippen molar-refractivity contribution in [2.75, 3.05) is 13.1 Å². The van der Waals surface area contributed by atoms with Gasteiger partial charge in [-0.25, -0.2) is 0 Å². The first-order chi connectivity index (χ1) is 11.7. The largest absolute Gasteiger partial charge is 0.354 e. The Balaban J connectivity index is 1.85. The number of likely N-dealkylation sites (tertiary alicyclic amines) is 1. The molecule has 1 aromatic carbocycles. The lowest BCUT2D eigenvalue weighted by molar-refractivity contribution is -0.140. The number of rotatable bonds is 5. The zero-order valence-corrected chi connectivity index (χ0v) is 16.3. The van der Waals surface area contributed by atoms with Crippen LogP contribution in [-0.4, -0.2) is 35.8 Å². The van der Waals surface area contributed by atoms with Crippen molar-refractivity contribution in [3.8, 4) is 0 Å². The lowest BCUT2D eigenvalue weighted by atomic mass is 9.86. The Labute approximate surface area is 152 Å². The van der Waals surface area contributed by atoms with Crippen molar-refractivity contribution >= 4 is 11.8 Å². The van der Waals surface area contributed by atoms with Crippen LogP contribution in [0.5, 0.6) is 0 Å². The summed E-state index contributed by atoms with van der Waals surface area (Å²) in [6, 6.07) is 8.31.